The van der Waals surface area contributed by atoms with Crippen LogP contribution in [0.15, 0.2) is 30.3 Å². The number of aliphatic hydroxyl groups excluding tert-OH is 1. The van der Waals surface area contributed by atoms with Gasteiger partial charge in [-0.2, -0.15) is 0 Å². The maximum Gasteiger partial charge on any atom is 0.134 e. The van der Waals surface area contributed by atoms with Crippen LogP contribution in [0.1, 0.15) is 23.0 Å². The Bertz CT molecular complexity index is 597. The third-order valence-electron chi connectivity index (χ3n) is 3.31. The normalized spacial score (nSPS) is 21.2. The number of fused-ring (bicyclic) bond motifs is 1. The minimum Gasteiger partial charge on any atom is -0.390 e. The molecule has 0 unspecified atom stereocenters. The van der Waals surface area contributed by atoms with Crippen molar-refractivity contribution in [1.29, 1.82) is 0 Å². The summed E-state index contributed by atoms with van der Waals surface area (Å²) in [5.41, 5.74) is 2.28. The number of aromatic nitrogens is 2. The summed E-state index contributed by atoms with van der Waals surface area (Å²) in [5.74, 6) is 1.24. The average molecular weight is 276 g/mol. The second-order valence-corrected chi connectivity index (χ2v) is 5.10. The van der Waals surface area contributed by atoms with E-state index in [0.717, 1.165) is 5.56 Å². The quantitative estimate of drug-likeness (QED) is 0.827. The highest BCUT2D eigenvalue weighted by Gasteiger charge is 2.30. The van der Waals surface area contributed by atoms with Gasteiger partial charge in [0.2, 0.25) is 0 Å². The Morgan fingerprint density at radius 1 is 1.32 bits per heavy atom. The molecule has 4 nitrogen and oxygen atoms in total. The molecular formula is C14H14ClN3O. The lowest BCUT2D eigenvalue weighted by molar-refractivity contribution is 0.165. The van der Waals surface area contributed by atoms with Crippen LogP contribution >= 0.6 is 11.6 Å². The van der Waals surface area contributed by atoms with Gasteiger partial charge in [-0.05, 0) is 18.1 Å². The molecule has 0 amide bonds. The summed E-state index contributed by atoms with van der Waals surface area (Å²) in [6, 6.07) is 9.55. The Balaban J connectivity index is 1.91. The summed E-state index contributed by atoms with van der Waals surface area (Å²) in [7, 11) is 0. The van der Waals surface area contributed by atoms with Gasteiger partial charge < -0.3 is 10.4 Å². The zero-order chi connectivity index (χ0) is 13.4. The van der Waals surface area contributed by atoms with E-state index in [1.165, 1.54) is 5.56 Å². The Morgan fingerprint density at radius 2 is 2.11 bits per heavy atom. The van der Waals surface area contributed by atoms with Gasteiger partial charge in [-0.25, -0.2) is 9.97 Å². The number of halogens is 1. The van der Waals surface area contributed by atoms with E-state index in [-0.39, 0.29) is 6.04 Å². The number of benzene rings is 1. The van der Waals surface area contributed by atoms with Gasteiger partial charge >= 0.3 is 0 Å². The van der Waals surface area contributed by atoms with Crippen molar-refractivity contribution in [3.63, 3.8) is 0 Å². The second kappa shape index (κ2) is 4.79. The molecule has 1 aliphatic carbocycles. The number of anilines is 1. The molecule has 0 saturated heterocycles. The number of nitrogens with zero attached hydrogens (tertiary/aromatic N) is 2. The maximum absolute atomic E-state index is 10.2. The van der Waals surface area contributed by atoms with E-state index in [0.29, 0.717) is 23.2 Å². The molecule has 2 atom stereocenters. The topological polar surface area (TPSA) is 58.0 Å². The van der Waals surface area contributed by atoms with Crippen molar-refractivity contribution in [2.75, 3.05) is 5.32 Å². The first-order valence-corrected chi connectivity index (χ1v) is 6.55. The molecule has 3 rings (SSSR count). The third kappa shape index (κ3) is 2.41. The van der Waals surface area contributed by atoms with Gasteiger partial charge in [0.05, 0.1) is 12.1 Å². The molecule has 0 aliphatic heterocycles. The molecule has 1 heterocycles. The fourth-order valence-corrected chi connectivity index (χ4v) is 2.74. The standard InChI is InChI=1S/C14H14ClN3O/c1-8-16-12(15)7-13(17-8)18-14-10-5-3-2-4-9(10)6-11(14)19/h2-5,7,11,14,19H,6H2,1H3,(H,16,17,18)/t11-,14-/m0/s1. The highest BCUT2D eigenvalue weighted by molar-refractivity contribution is 6.29. The predicted octanol–water partition coefficient (Wildman–Crippen LogP) is 2.51. The third-order valence-corrected chi connectivity index (χ3v) is 3.51. The lowest BCUT2D eigenvalue weighted by Crippen LogP contribution is -2.21. The van der Waals surface area contributed by atoms with Crippen LogP contribution in [0.2, 0.25) is 5.15 Å². The van der Waals surface area contributed by atoms with Crippen molar-refractivity contribution in [2.45, 2.75) is 25.5 Å². The monoisotopic (exact) mass is 275 g/mol. The van der Waals surface area contributed by atoms with Crippen molar-refractivity contribution < 1.29 is 5.11 Å². The molecule has 2 aromatic rings. The second-order valence-electron chi connectivity index (χ2n) is 4.72. The van der Waals surface area contributed by atoms with Crippen LogP contribution < -0.4 is 5.32 Å². The molecule has 1 aliphatic rings. The molecule has 19 heavy (non-hydrogen) atoms. The van der Waals surface area contributed by atoms with Gasteiger partial charge in [0.15, 0.2) is 0 Å². The van der Waals surface area contributed by atoms with E-state index in [1.807, 2.05) is 24.3 Å². The summed E-state index contributed by atoms with van der Waals surface area (Å²) >= 11 is 5.92. The van der Waals surface area contributed by atoms with Crippen molar-refractivity contribution in [2.24, 2.45) is 0 Å². The molecule has 0 saturated carbocycles. The summed E-state index contributed by atoms with van der Waals surface area (Å²) in [4.78, 5) is 8.31. The average Bonchev–Trinajstić information content (AvgIpc) is 2.65. The number of hydrogen-bond acceptors (Lipinski definition) is 4. The molecule has 98 valence electrons. The fourth-order valence-electron chi connectivity index (χ4n) is 2.51. The Hall–Kier alpha value is -1.65. The molecule has 2 N–H and O–H groups in total. The Labute approximate surface area is 116 Å². The van der Waals surface area contributed by atoms with Gasteiger partial charge in [-0.1, -0.05) is 35.9 Å². The van der Waals surface area contributed by atoms with E-state index < -0.39 is 6.10 Å². The summed E-state index contributed by atoms with van der Waals surface area (Å²) in [6.45, 7) is 1.79. The highest BCUT2D eigenvalue weighted by atomic mass is 35.5. The van der Waals surface area contributed by atoms with Crippen molar-refractivity contribution in [1.82, 2.24) is 9.97 Å². The summed E-state index contributed by atoms with van der Waals surface area (Å²) in [5, 5.41) is 13.8. The van der Waals surface area contributed by atoms with Crippen LogP contribution in [0, 0.1) is 6.92 Å². The molecule has 0 bridgehead atoms. The van der Waals surface area contributed by atoms with E-state index in [4.69, 9.17) is 11.6 Å². The van der Waals surface area contributed by atoms with Gasteiger partial charge in [-0.15, -0.1) is 0 Å². The first kappa shape index (κ1) is 12.4. The minimum atomic E-state index is -0.452. The number of nitrogens with one attached hydrogen (secondary N) is 1. The van der Waals surface area contributed by atoms with Crippen molar-refractivity contribution in [3.8, 4) is 0 Å². The molecule has 0 radical (unpaired) electrons. The van der Waals surface area contributed by atoms with E-state index >= 15 is 0 Å². The summed E-state index contributed by atoms with van der Waals surface area (Å²) in [6.07, 6.45) is 0.206. The zero-order valence-corrected chi connectivity index (χ0v) is 11.2. The van der Waals surface area contributed by atoms with E-state index in [2.05, 4.69) is 15.3 Å². The number of hydrogen-bond donors (Lipinski definition) is 2. The van der Waals surface area contributed by atoms with Crippen LogP contribution in [-0.4, -0.2) is 21.2 Å². The van der Waals surface area contributed by atoms with Gasteiger partial charge in [0, 0.05) is 12.5 Å². The lowest BCUT2D eigenvalue weighted by Gasteiger charge is -2.18. The molecule has 1 aromatic heterocycles. The van der Waals surface area contributed by atoms with Crippen LogP contribution in [0.4, 0.5) is 5.82 Å². The smallest absolute Gasteiger partial charge is 0.134 e. The number of aliphatic hydroxyl groups is 1. The van der Waals surface area contributed by atoms with Crippen LogP contribution in [0.25, 0.3) is 0 Å². The zero-order valence-electron chi connectivity index (χ0n) is 10.5. The van der Waals surface area contributed by atoms with Crippen molar-refractivity contribution in [3.05, 3.63) is 52.4 Å². The van der Waals surface area contributed by atoms with Crippen LogP contribution in [0.3, 0.4) is 0 Å². The molecule has 1 aromatic carbocycles. The van der Waals surface area contributed by atoms with Crippen LogP contribution in [-0.2, 0) is 6.42 Å². The lowest BCUT2D eigenvalue weighted by atomic mass is 10.1. The molecule has 0 spiro atoms. The minimum absolute atomic E-state index is 0.151. The molecule has 0 fully saturated rings. The van der Waals surface area contributed by atoms with Gasteiger partial charge in [-0.3, -0.25) is 0 Å². The molecular weight excluding hydrogens is 262 g/mol. The Kier molecular flexibility index (Phi) is 3.12. The first-order chi connectivity index (χ1) is 9.13. The van der Waals surface area contributed by atoms with Gasteiger partial charge in [0.25, 0.3) is 0 Å². The number of rotatable bonds is 2. The summed E-state index contributed by atoms with van der Waals surface area (Å²) < 4.78 is 0. The molecule has 5 heteroatoms. The van der Waals surface area contributed by atoms with Crippen LogP contribution in [0.5, 0.6) is 0 Å². The predicted molar refractivity (Wildman–Crippen MR) is 74.3 cm³/mol. The fraction of sp³-hybridized carbons (Fsp3) is 0.286. The van der Waals surface area contributed by atoms with E-state index in [9.17, 15) is 5.11 Å². The SMILES string of the molecule is Cc1nc(Cl)cc(N[C@H]2c3ccccc3C[C@@H]2O)n1. The van der Waals surface area contributed by atoms with Crippen molar-refractivity contribution >= 4 is 17.4 Å². The maximum atomic E-state index is 10.2. The Morgan fingerprint density at radius 3 is 2.89 bits per heavy atom. The largest absolute Gasteiger partial charge is 0.390 e. The van der Waals surface area contributed by atoms with E-state index in [1.54, 1.807) is 13.0 Å². The first-order valence-electron chi connectivity index (χ1n) is 6.17. The van der Waals surface area contributed by atoms with Gasteiger partial charge in [0.1, 0.15) is 16.8 Å². The number of aryl methyl sites for hydroxylation is 1. The highest BCUT2D eigenvalue weighted by Crippen LogP contribution is 2.33.